The Kier molecular flexibility index (Phi) is 2.89. The SMILES string of the molecule is Cc1cc(C)n(CCOC(N)=O)n1. The maximum Gasteiger partial charge on any atom is 0.404 e. The predicted octanol–water partition coefficient (Wildman–Crippen LogP) is 0.595. The van der Waals surface area contributed by atoms with E-state index in [9.17, 15) is 4.79 Å². The molecular formula is C8H13N3O2. The second kappa shape index (κ2) is 3.93. The van der Waals surface area contributed by atoms with Gasteiger partial charge in [0.25, 0.3) is 0 Å². The number of ether oxygens (including phenoxy) is 1. The summed E-state index contributed by atoms with van der Waals surface area (Å²) in [5, 5.41) is 4.19. The quantitative estimate of drug-likeness (QED) is 0.745. The van der Waals surface area contributed by atoms with Crippen molar-refractivity contribution in [3.63, 3.8) is 0 Å². The number of hydrogen-bond donors (Lipinski definition) is 1. The molecule has 72 valence electrons. The standard InChI is InChI=1S/C8H13N3O2/c1-6-5-7(2)11(10-6)3-4-13-8(9)12/h5H,3-4H2,1-2H3,(H2,9,12). The third-order valence-electron chi connectivity index (χ3n) is 1.65. The van der Waals surface area contributed by atoms with E-state index in [0.29, 0.717) is 6.54 Å². The van der Waals surface area contributed by atoms with Crippen molar-refractivity contribution in [1.29, 1.82) is 0 Å². The summed E-state index contributed by atoms with van der Waals surface area (Å²) in [6, 6.07) is 1.96. The normalized spacial score (nSPS) is 10.0. The van der Waals surface area contributed by atoms with E-state index in [-0.39, 0.29) is 6.61 Å². The van der Waals surface area contributed by atoms with Crippen LogP contribution in [-0.2, 0) is 11.3 Å². The number of aryl methyl sites for hydroxylation is 2. The molecule has 0 aliphatic rings. The Morgan fingerprint density at radius 3 is 2.85 bits per heavy atom. The van der Waals surface area contributed by atoms with Crippen LogP contribution < -0.4 is 5.73 Å². The van der Waals surface area contributed by atoms with Crippen LogP contribution in [0.1, 0.15) is 11.4 Å². The van der Waals surface area contributed by atoms with Crippen LogP contribution in [0.2, 0.25) is 0 Å². The lowest BCUT2D eigenvalue weighted by atomic mass is 10.4. The van der Waals surface area contributed by atoms with Crippen LogP contribution in [0, 0.1) is 13.8 Å². The number of hydrogen-bond acceptors (Lipinski definition) is 3. The Balaban J connectivity index is 2.45. The number of carbonyl (C=O) groups is 1. The van der Waals surface area contributed by atoms with Crippen LogP contribution >= 0.6 is 0 Å². The molecule has 0 aromatic carbocycles. The van der Waals surface area contributed by atoms with E-state index in [2.05, 4.69) is 9.84 Å². The summed E-state index contributed by atoms with van der Waals surface area (Å²) in [4.78, 5) is 10.2. The topological polar surface area (TPSA) is 70.1 Å². The van der Waals surface area contributed by atoms with Crippen molar-refractivity contribution in [2.45, 2.75) is 20.4 Å². The lowest BCUT2D eigenvalue weighted by Crippen LogP contribution is -2.17. The first-order valence-corrected chi connectivity index (χ1v) is 4.03. The lowest BCUT2D eigenvalue weighted by molar-refractivity contribution is 0.150. The Morgan fingerprint density at radius 1 is 1.69 bits per heavy atom. The first kappa shape index (κ1) is 9.57. The van der Waals surface area contributed by atoms with E-state index < -0.39 is 6.09 Å². The molecule has 5 nitrogen and oxygen atoms in total. The van der Waals surface area contributed by atoms with Gasteiger partial charge in [-0.15, -0.1) is 0 Å². The molecule has 1 heterocycles. The summed E-state index contributed by atoms with van der Waals surface area (Å²) in [7, 11) is 0. The van der Waals surface area contributed by atoms with Gasteiger partial charge in [0, 0.05) is 5.69 Å². The molecule has 0 fully saturated rings. The molecule has 0 aliphatic carbocycles. The number of rotatable bonds is 3. The minimum absolute atomic E-state index is 0.261. The van der Waals surface area contributed by atoms with E-state index in [0.717, 1.165) is 11.4 Å². The fraction of sp³-hybridized carbons (Fsp3) is 0.500. The molecule has 2 N–H and O–H groups in total. The van der Waals surface area contributed by atoms with Crippen LogP contribution in [-0.4, -0.2) is 22.5 Å². The van der Waals surface area contributed by atoms with Crippen molar-refractivity contribution in [2.24, 2.45) is 5.73 Å². The van der Waals surface area contributed by atoms with Gasteiger partial charge in [0.1, 0.15) is 6.61 Å². The highest BCUT2D eigenvalue weighted by Gasteiger charge is 2.00. The molecule has 1 rings (SSSR count). The summed E-state index contributed by atoms with van der Waals surface area (Å²) in [5.74, 6) is 0. The van der Waals surface area contributed by atoms with Crippen molar-refractivity contribution in [2.75, 3.05) is 6.61 Å². The summed E-state index contributed by atoms with van der Waals surface area (Å²) in [6.45, 7) is 4.67. The maximum atomic E-state index is 10.2. The monoisotopic (exact) mass is 183 g/mol. The Morgan fingerprint density at radius 2 is 2.38 bits per heavy atom. The summed E-state index contributed by atoms with van der Waals surface area (Å²) < 4.78 is 6.36. The lowest BCUT2D eigenvalue weighted by Gasteiger charge is -2.03. The predicted molar refractivity (Wildman–Crippen MR) is 47.2 cm³/mol. The molecule has 13 heavy (non-hydrogen) atoms. The van der Waals surface area contributed by atoms with E-state index in [1.807, 2.05) is 19.9 Å². The van der Waals surface area contributed by atoms with Crippen LogP contribution in [0.4, 0.5) is 4.79 Å². The van der Waals surface area contributed by atoms with E-state index >= 15 is 0 Å². The van der Waals surface area contributed by atoms with Crippen LogP contribution in [0.5, 0.6) is 0 Å². The van der Waals surface area contributed by atoms with Crippen LogP contribution in [0.15, 0.2) is 6.07 Å². The average Bonchev–Trinajstić information content (AvgIpc) is 2.29. The molecule has 0 bridgehead atoms. The number of amides is 1. The van der Waals surface area contributed by atoms with Gasteiger partial charge in [-0.3, -0.25) is 4.68 Å². The fourth-order valence-corrected chi connectivity index (χ4v) is 1.13. The maximum absolute atomic E-state index is 10.2. The Labute approximate surface area is 76.5 Å². The van der Waals surface area contributed by atoms with Gasteiger partial charge >= 0.3 is 6.09 Å². The molecular weight excluding hydrogens is 170 g/mol. The van der Waals surface area contributed by atoms with E-state index in [1.54, 1.807) is 4.68 Å². The highest BCUT2D eigenvalue weighted by Crippen LogP contribution is 2.00. The van der Waals surface area contributed by atoms with Crippen molar-refractivity contribution < 1.29 is 9.53 Å². The molecule has 0 spiro atoms. The average molecular weight is 183 g/mol. The highest BCUT2D eigenvalue weighted by molar-refractivity contribution is 5.64. The third kappa shape index (κ3) is 2.77. The van der Waals surface area contributed by atoms with Crippen molar-refractivity contribution >= 4 is 6.09 Å². The summed E-state index contributed by atoms with van der Waals surface area (Å²) >= 11 is 0. The zero-order valence-corrected chi connectivity index (χ0v) is 7.78. The minimum atomic E-state index is -0.749. The van der Waals surface area contributed by atoms with Crippen molar-refractivity contribution in [1.82, 2.24) is 9.78 Å². The third-order valence-corrected chi connectivity index (χ3v) is 1.65. The Hall–Kier alpha value is -1.52. The van der Waals surface area contributed by atoms with Gasteiger partial charge in [-0.05, 0) is 19.9 Å². The zero-order valence-electron chi connectivity index (χ0n) is 7.78. The second-order valence-electron chi connectivity index (χ2n) is 2.82. The molecule has 0 aliphatic heterocycles. The number of nitrogens with zero attached hydrogens (tertiary/aromatic N) is 2. The molecule has 0 saturated heterocycles. The van der Waals surface area contributed by atoms with Gasteiger partial charge in [0.05, 0.1) is 12.2 Å². The Bertz CT molecular complexity index is 306. The van der Waals surface area contributed by atoms with Gasteiger partial charge in [-0.1, -0.05) is 0 Å². The van der Waals surface area contributed by atoms with Gasteiger partial charge in [-0.2, -0.15) is 5.10 Å². The van der Waals surface area contributed by atoms with Gasteiger partial charge < -0.3 is 10.5 Å². The summed E-state index contributed by atoms with van der Waals surface area (Å²) in [6.07, 6.45) is -0.749. The molecule has 0 radical (unpaired) electrons. The molecule has 0 atom stereocenters. The largest absolute Gasteiger partial charge is 0.448 e. The highest BCUT2D eigenvalue weighted by atomic mass is 16.5. The minimum Gasteiger partial charge on any atom is -0.448 e. The molecule has 1 aromatic heterocycles. The molecule has 0 unspecified atom stereocenters. The van der Waals surface area contributed by atoms with E-state index in [1.165, 1.54) is 0 Å². The second-order valence-corrected chi connectivity index (χ2v) is 2.82. The van der Waals surface area contributed by atoms with Crippen molar-refractivity contribution in [3.8, 4) is 0 Å². The van der Waals surface area contributed by atoms with Gasteiger partial charge in [0.2, 0.25) is 0 Å². The molecule has 1 aromatic rings. The van der Waals surface area contributed by atoms with Gasteiger partial charge in [0.15, 0.2) is 0 Å². The smallest absolute Gasteiger partial charge is 0.404 e. The number of carbonyl (C=O) groups excluding carboxylic acids is 1. The molecule has 5 heteroatoms. The van der Waals surface area contributed by atoms with Crippen LogP contribution in [0.3, 0.4) is 0 Å². The summed E-state index contributed by atoms with van der Waals surface area (Å²) in [5.41, 5.74) is 6.81. The number of primary amides is 1. The molecule has 1 amide bonds. The molecule has 0 saturated carbocycles. The van der Waals surface area contributed by atoms with Gasteiger partial charge in [-0.25, -0.2) is 4.79 Å². The first-order chi connectivity index (χ1) is 6.09. The number of nitrogens with two attached hydrogens (primary N) is 1. The van der Waals surface area contributed by atoms with Crippen LogP contribution in [0.25, 0.3) is 0 Å². The number of aromatic nitrogens is 2. The van der Waals surface area contributed by atoms with Crippen molar-refractivity contribution in [3.05, 3.63) is 17.5 Å². The van der Waals surface area contributed by atoms with E-state index in [4.69, 9.17) is 5.73 Å². The fourth-order valence-electron chi connectivity index (χ4n) is 1.13. The zero-order chi connectivity index (χ0) is 9.84. The first-order valence-electron chi connectivity index (χ1n) is 4.03.